The van der Waals surface area contributed by atoms with Crippen LogP contribution in [0.1, 0.15) is 10.5 Å². The number of nitrogens with two attached hydrogens (primary N) is 1. The Hall–Kier alpha value is -1.95. The van der Waals surface area contributed by atoms with Crippen LogP contribution in [0.15, 0.2) is 30.3 Å². The van der Waals surface area contributed by atoms with Crippen LogP contribution in [0.2, 0.25) is 0 Å². The van der Waals surface area contributed by atoms with Gasteiger partial charge in [-0.05, 0) is 12.1 Å². The molecule has 0 aliphatic rings. The molecule has 0 spiro atoms. The first-order valence-electron chi connectivity index (χ1n) is 4.12. The highest BCUT2D eigenvalue weighted by atomic mass is 32.1. The van der Waals surface area contributed by atoms with Crippen molar-refractivity contribution in [3.8, 4) is 5.75 Å². The lowest BCUT2D eigenvalue weighted by atomic mass is 10.3. The van der Waals surface area contributed by atoms with Gasteiger partial charge in [0.15, 0.2) is 0 Å². The molecule has 0 aliphatic heterocycles. The van der Waals surface area contributed by atoms with Crippen LogP contribution in [0.4, 0.5) is 5.00 Å². The zero-order chi connectivity index (χ0) is 10.7. The zero-order valence-corrected chi connectivity index (χ0v) is 8.40. The largest absolute Gasteiger partial charge is 0.422 e. The SMILES string of the molecule is Nc1snnc1C(=O)Oc1ccccc1. The number of nitrogen functional groups attached to an aromatic ring is 1. The molecule has 6 heteroatoms. The van der Waals surface area contributed by atoms with Crippen molar-refractivity contribution in [3.05, 3.63) is 36.0 Å². The smallest absolute Gasteiger partial charge is 0.367 e. The lowest BCUT2D eigenvalue weighted by Crippen LogP contribution is -2.10. The molecule has 15 heavy (non-hydrogen) atoms. The Morgan fingerprint density at radius 3 is 2.67 bits per heavy atom. The van der Waals surface area contributed by atoms with Crippen molar-refractivity contribution >= 4 is 22.5 Å². The van der Waals surface area contributed by atoms with E-state index in [4.69, 9.17) is 10.5 Å². The molecule has 0 aliphatic carbocycles. The van der Waals surface area contributed by atoms with Gasteiger partial charge in [-0.25, -0.2) is 4.79 Å². The van der Waals surface area contributed by atoms with E-state index in [2.05, 4.69) is 9.59 Å². The number of hydrogen-bond donors (Lipinski definition) is 1. The van der Waals surface area contributed by atoms with Gasteiger partial charge in [0.05, 0.1) is 0 Å². The molecule has 2 rings (SSSR count). The molecule has 5 nitrogen and oxygen atoms in total. The second kappa shape index (κ2) is 4.05. The number of hydrogen-bond acceptors (Lipinski definition) is 6. The molecule has 0 saturated carbocycles. The maximum absolute atomic E-state index is 11.5. The molecule has 1 aromatic carbocycles. The summed E-state index contributed by atoms with van der Waals surface area (Å²) in [5.41, 5.74) is 5.55. The molecule has 2 N–H and O–H groups in total. The molecular formula is C9H7N3O2S. The average molecular weight is 221 g/mol. The van der Waals surface area contributed by atoms with Gasteiger partial charge < -0.3 is 10.5 Å². The summed E-state index contributed by atoms with van der Waals surface area (Å²) in [7, 11) is 0. The molecule has 76 valence electrons. The van der Waals surface area contributed by atoms with E-state index < -0.39 is 5.97 Å². The highest BCUT2D eigenvalue weighted by Gasteiger charge is 2.16. The Morgan fingerprint density at radius 1 is 1.33 bits per heavy atom. The lowest BCUT2D eigenvalue weighted by Gasteiger charge is -2.00. The number of carbonyl (C=O) groups excluding carboxylic acids is 1. The highest BCUT2D eigenvalue weighted by molar-refractivity contribution is 7.10. The van der Waals surface area contributed by atoms with E-state index >= 15 is 0 Å². The molecule has 0 saturated heterocycles. The number of ether oxygens (including phenoxy) is 1. The average Bonchev–Trinajstić information content (AvgIpc) is 2.66. The summed E-state index contributed by atoms with van der Waals surface area (Å²) < 4.78 is 8.58. The Morgan fingerprint density at radius 2 is 2.07 bits per heavy atom. The number of nitrogens with zero attached hydrogens (tertiary/aromatic N) is 2. The topological polar surface area (TPSA) is 78.1 Å². The number of carbonyl (C=O) groups is 1. The first-order chi connectivity index (χ1) is 7.27. The molecule has 0 bridgehead atoms. The van der Waals surface area contributed by atoms with Gasteiger partial charge in [0.25, 0.3) is 0 Å². The van der Waals surface area contributed by atoms with Gasteiger partial charge >= 0.3 is 5.97 Å². The number of anilines is 1. The third-order valence-electron chi connectivity index (χ3n) is 1.66. The Bertz CT molecular complexity index is 469. The minimum atomic E-state index is -0.590. The van der Waals surface area contributed by atoms with Gasteiger partial charge in [-0.2, -0.15) is 0 Å². The van der Waals surface area contributed by atoms with E-state index in [-0.39, 0.29) is 10.7 Å². The van der Waals surface area contributed by atoms with Crippen LogP contribution >= 0.6 is 11.5 Å². The van der Waals surface area contributed by atoms with Gasteiger partial charge in [0.2, 0.25) is 5.69 Å². The van der Waals surface area contributed by atoms with Crippen molar-refractivity contribution in [1.29, 1.82) is 0 Å². The number of benzene rings is 1. The first-order valence-corrected chi connectivity index (χ1v) is 4.90. The van der Waals surface area contributed by atoms with Crippen LogP contribution in [0, 0.1) is 0 Å². The molecule has 0 atom stereocenters. The fourth-order valence-electron chi connectivity index (χ4n) is 0.983. The summed E-state index contributed by atoms with van der Waals surface area (Å²) in [6, 6.07) is 8.72. The molecule has 0 radical (unpaired) electrons. The van der Waals surface area contributed by atoms with Gasteiger partial charge in [-0.3, -0.25) is 0 Å². The summed E-state index contributed by atoms with van der Waals surface area (Å²) in [5, 5.41) is 3.84. The minimum Gasteiger partial charge on any atom is -0.422 e. The third-order valence-corrected chi connectivity index (χ3v) is 2.21. The van der Waals surface area contributed by atoms with Gasteiger partial charge in [-0.15, -0.1) is 5.10 Å². The summed E-state index contributed by atoms with van der Waals surface area (Å²) in [4.78, 5) is 11.5. The highest BCUT2D eigenvalue weighted by Crippen LogP contribution is 2.16. The number of rotatable bonds is 2. The van der Waals surface area contributed by atoms with Gasteiger partial charge in [-0.1, -0.05) is 22.7 Å². The van der Waals surface area contributed by atoms with Crippen molar-refractivity contribution in [2.45, 2.75) is 0 Å². The molecule has 0 unspecified atom stereocenters. The van der Waals surface area contributed by atoms with Gasteiger partial charge in [0.1, 0.15) is 10.8 Å². The Labute approximate surface area is 89.7 Å². The van der Waals surface area contributed by atoms with Crippen molar-refractivity contribution in [3.63, 3.8) is 0 Å². The van der Waals surface area contributed by atoms with E-state index in [0.717, 1.165) is 11.5 Å². The summed E-state index contributed by atoms with van der Waals surface area (Å²) >= 11 is 0.959. The van der Waals surface area contributed by atoms with Crippen LogP contribution in [-0.4, -0.2) is 15.6 Å². The monoisotopic (exact) mass is 221 g/mol. The number of aromatic nitrogens is 2. The van der Waals surface area contributed by atoms with Gasteiger partial charge in [0, 0.05) is 11.5 Å². The van der Waals surface area contributed by atoms with Crippen molar-refractivity contribution < 1.29 is 9.53 Å². The normalized spacial score (nSPS) is 9.87. The molecule has 0 amide bonds. The Kier molecular flexibility index (Phi) is 2.59. The van der Waals surface area contributed by atoms with E-state index in [0.29, 0.717) is 5.75 Å². The second-order valence-corrected chi connectivity index (χ2v) is 3.47. The fraction of sp³-hybridized carbons (Fsp3) is 0. The number of esters is 1. The number of para-hydroxylation sites is 1. The quantitative estimate of drug-likeness (QED) is 0.611. The van der Waals surface area contributed by atoms with Crippen molar-refractivity contribution in [2.75, 3.05) is 5.73 Å². The summed E-state index contributed by atoms with van der Waals surface area (Å²) in [6.45, 7) is 0. The van der Waals surface area contributed by atoms with Crippen LogP contribution in [0.25, 0.3) is 0 Å². The fourth-order valence-corrected chi connectivity index (χ4v) is 1.40. The van der Waals surface area contributed by atoms with E-state index in [1.807, 2.05) is 6.07 Å². The molecule has 1 aromatic heterocycles. The van der Waals surface area contributed by atoms with E-state index in [1.54, 1.807) is 24.3 Å². The van der Waals surface area contributed by atoms with Crippen LogP contribution in [-0.2, 0) is 0 Å². The Balaban J connectivity index is 2.15. The predicted molar refractivity (Wildman–Crippen MR) is 55.7 cm³/mol. The molecular weight excluding hydrogens is 214 g/mol. The first kappa shape index (κ1) is 9.60. The molecule has 2 aromatic rings. The van der Waals surface area contributed by atoms with Crippen molar-refractivity contribution in [2.24, 2.45) is 0 Å². The zero-order valence-electron chi connectivity index (χ0n) is 7.58. The third kappa shape index (κ3) is 2.10. The lowest BCUT2D eigenvalue weighted by molar-refractivity contribution is 0.0729. The molecule has 1 heterocycles. The van der Waals surface area contributed by atoms with Crippen LogP contribution in [0.5, 0.6) is 5.75 Å². The van der Waals surface area contributed by atoms with Crippen LogP contribution < -0.4 is 10.5 Å². The van der Waals surface area contributed by atoms with E-state index in [9.17, 15) is 4.79 Å². The second-order valence-electron chi connectivity index (χ2n) is 2.69. The summed E-state index contributed by atoms with van der Waals surface area (Å²) in [5.74, 6) is -0.137. The molecule has 0 fully saturated rings. The predicted octanol–water partition coefficient (Wildman–Crippen LogP) is 1.34. The standard InChI is InChI=1S/C9H7N3O2S/c10-8-7(11-12-15-8)9(13)14-6-4-2-1-3-5-6/h1-5H,10H2. The van der Waals surface area contributed by atoms with Crippen molar-refractivity contribution in [1.82, 2.24) is 9.59 Å². The van der Waals surface area contributed by atoms with E-state index in [1.165, 1.54) is 0 Å². The minimum absolute atomic E-state index is 0.0591. The van der Waals surface area contributed by atoms with Crippen LogP contribution in [0.3, 0.4) is 0 Å². The maximum atomic E-state index is 11.5. The summed E-state index contributed by atoms with van der Waals surface area (Å²) in [6.07, 6.45) is 0. The maximum Gasteiger partial charge on any atom is 0.367 e.